The lowest BCUT2D eigenvalue weighted by molar-refractivity contribution is -0.123. The van der Waals surface area contributed by atoms with Gasteiger partial charge in [0, 0.05) is 24.6 Å². The molecule has 34 heavy (non-hydrogen) atoms. The Morgan fingerprint density at radius 1 is 1.29 bits per heavy atom. The second-order valence-electron chi connectivity index (χ2n) is 7.90. The van der Waals surface area contributed by atoms with Crippen molar-refractivity contribution in [2.24, 2.45) is 5.92 Å². The van der Waals surface area contributed by atoms with Crippen LogP contribution in [0.3, 0.4) is 0 Å². The highest BCUT2D eigenvalue weighted by Crippen LogP contribution is 2.27. The Bertz CT molecular complexity index is 1230. The lowest BCUT2D eigenvalue weighted by Gasteiger charge is -2.32. The van der Waals surface area contributed by atoms with E-state index in [-0.39, 0.29) is 23.3 Å². The van der Waals surface area contributed by atoms with E-state index >= 15 is 0 Å². The number of amides is 1. The number of carbonyl (C=O) groups is 2. The van der Waals surface area contributed by atoms with Crippen molar-refractivity contribution in [3.63, 3.8) is 0 Å². The van der Waals surface area contributed by atoms with Crippen LogP contribution in [-0.4, -0.2) is 45.0 Å². The number of benzene rings is 1. The zero-order valence-electron chi connectivity index (χ0n) is 18.9. The predicted molar refractivity (Wildman–Crippen MR) is 122 cm³/mol. The maximum atomic E-state index is 13.8. The Kier molecular flexibility index (Phi) is 7.83. The Morgan fingerprint density at radius 2 is 1.97 bits per heavy atom. The van der Waals surface area contributed by atoms with Gasteiger partial charge >= 0.3 is 5.97 Å². The summed E-state index contributed by atoms with van der Waals surface area (Å²) in [5.41, 5.74) is 0.835. The Morgan fingerprint density at radius 3 is 2.59 bits per heavy atom. The molecule has 0 saturated carbocycles. The highest BCUT2D eigenvalue weighted by molar-refractivity contribution is 7.89. The fourth-order valence-corrected chi connectivity index (χ4v) is 4.97. The number of nitrogens with one attached hydrogen (secondary N) is 1. The molecular weight excluding hydrogens is 463 g/mol. The van der Waals surface area contributed by atoms with Crippen molar-refractivity contribution in [2.75, 3.05) is 24.6 Å². The fraction of sp³-hybridized carbons (Fsp3) is 0.391. The number of rotatable bonds is 7. The topological polar surface area (TPSA) is 129 Å². The average Bonchev–Trinajstić information content (AvgIpc) is 2.80. The van der Waals surface area contributed by atoms with Gasteiger partial charge in [0.15, 0.2) is 0 Å². The van der Waals surface area contributed by atoms with Crippen molar-refractivity contribution >= 4 is 27.7 Å². The van der Waals surface area contributed by atoms with Crippen LogP contribution < -0.4 is 9.62 Å². The minimum Gasteiger partial charge on any atom is -0.462 e. The van der Waals surface area contributed by atoms with Crippen LogP contribution in [0.25, 0.3) is 0 Å². The molecule has 0 bridgehead atoms. The summed E-state index contributed by atoms with van der Waals surface area (Å²) >= 11 is 0. The van der Waals surface area contributed by atoms with Gasteiger partial charge in [-0.3, -0.25) is 9.52 Å². The van der Waals surface area contributed by atoms with Crippen LogP contribution in [0.1, 0.15) is 46.9 Å². The van der Waals surface area contributed by atoms with Gasteiger partial charge in [-0.15, -0.1) is 0 Å². The zero-order chi connectivity index (χ0) is 24.9. The van der Waals surface area contributed by atoms with Crippen LogP contribution >= 0.6 is 0 Å². The van der Waals surface area contributed by atoms with Crippen LogP contribution in [-0.2, 0) is 25.3 Å². The smallest absolute Gasteiger partial charge is 0.340 e. The molecule has 1 aliphatic rings. The number of carbonyl (C=O) groups excluding carboxylic acids is 2. The van der Waals surface area contributed by atoms with E-state index in [0.717, 1.165) is 6.07 Å². The maximum Gasteiger partial charge on any atom is 0.340 e. The monoisotopic (exact) mass is 488 g/mol. The van der Waals surface area contributed by atoms with Gasteiger partial charge < -0.3 is 9.64 Å². The number of halogens is 1. The molecular formula is C23H25FN4O5S. The zero-order valence-corrected chi connectivity index (χ0v) is 19.7. The fourth-order valence-electron chi connectivity index (χ4n) is 3.78. The molecule has 2 aromatic rings. The number of ether oxygens (including phenoxy) is 1. The number of esters is 1. The van der Waals surface area contributed by atoms with Gasteiger partial charge in [-0.25, -0.2) is 22.6 Å². The molecule has 9 nitrogen and oxygen atoms in total. The Hall–Kier alpha value is -3.52. The molecule has 0 atom stereocenters. The molecule has 1 amide bonds. The third-order valence-corrected chi connectivity index (χ3v) is 6.74. The number of hydrogen-bond acceptors (Lipinski definition) is 8. The maximum absolute atomic E-state index is 13.8. The number of piperidine rings is 1. The second kappa shape index (κ2) is 10.6. The molecule has 2 heterocycles. The van der Waals surface area contributed by atoms with E-state index in [1.807, 2.05) is 15.7 Å². The van der Waals surface area contributed by atoms with Crippen molar-refractivity contribution in [1.82, 2.24) is 9.71 Å². The molecule has 180 valence electrons. The molecule has 3 rings (SSSR count). The molecule has 11 heteroatoms. The summed E-state index contributed by atoms with van der Waals surface area (Å²) in [6.45, 7) is 4.27. The largest absolute Gasteiger partial charge is 0.462 e. The Labute approximate surface area is 197 Å². The van der Waals surface area contributed by atoms with E-state index in [1.54, 1.807) is 13.8 Å². The number of anilines is 1. The van der Waals surface area contributed by atoms with E-state index in [4.69, 9.17) is 4.74 Å². The first-order chi connectivity index (χ1) is 16.1. The molecule has 1 N–H and O–H groups in total. The van der Waals surface area contributed by atoms with Crippen molar-refractivity contribution < 1.29 is 27.1 Å². The first-order valence-electron chi connectivity index (χ1n) is 10.8. The van der Waals surface area contributed by atoms with Gasteiger partial charge in [-0.1, -0.05) is 18.2 Å². The van der Waals surface area contributed by atoms with Crippen LogP contribution in [0.4, 0.5) is 10.2 Å². The highest BCUT2D eigenvalue weighted by Gasteiger charge is 2.30. The van der Waals surface area contributed by atoms with Crippen LogP contribution in [0, 0.1) is 30.0 Å². The summed E-state index contributed by atoms with van der Waals surface area (Å²) in [6, 6.07) is 8.99. The molecule has 1 aromatic heterocycles. The normalized spacial score (nSPS) is 14.4. The summed E-state index contributed by atoms with van der Waals surface area (Å²) in [5.74, 6) is -2.64. The molecule has 1 aromatic carbocycles. The van der Waals surface area contributed by atoms with Crippen molar-refractivity contribution in [3.8, 4) is 6.07 Å². The van der Waals surface area contributed by atoms with E-state index < -0.39 is 39.4 Å². The SMILES string of the molecule is CCOC(=O)c1cc(C#N)c(N2CCC(C(=O)NS(=O)(=O)Cc3ccccc3F)CC2)nc1C. The molecule has 0 aliphatic carbocycles. The number of pyridine rings is 1. The van der Waals surface area contributed by atoms with E-state index in [9.17, 15) is 27.7 Å². The van der Waals surface area contributed by atoms with Crippen molar-refractivity contribution in [3.05, 3.63) is 58.5 Å². The molecule has 1 fully saturated rings. The van der Waals surface area contributed by atoms with Gasteiger partial charge in [-0.2, -0.15) is 5.26 Å². The van der Waals surface area contributed by atoms with Gasteiger partial charge in [0.25, 0.3) is 0 Å². The summed E-state index contributed by atoms with van der Waals surface area (Å²) in [6.07, 6.45) is 0.679. The van der Waals surface area contributed by atoms with E-state index in [0.29, 0.717) is 37.4 Å². The number of aryl methyl sites for hydroxylation is 1. The van der Waals surface area contributed by atoms with Gasteiger partial charge in [0.1, 0.15) is 17.7 Å². The third kappa shape index (κ3) is 5.88. The highest BCUT2D eigenvalue weighted by atomic mass is 32.2. The second-order valence-corrected chi connectivity index (χ2v) is 9.63. The predicted octanol–water partition coefficient (Wildman–Crippen LogP) is 2.44. The Balaban J connectivity index is 1.65. The lowest BCUT2D eigenvalue weighted by Crippen LogP contribution is -2.43. The van der Waals surface area contributed by atoms with Crippen molar-refractivity contribution in [1.29, 1.82) is 5.26 Å². The van der Waals surface area contributed by atoms with Crippen LogP contribution in [0.5, 0.6) is 0 Å². The van der Waals surface area contributed by atoms with Crippen LogP contribution in [0.15, 0.2) is 30.3 Å². The minimum atomic E-state index is -4.06. The number of aromatic nitrogens is 1. The van der Waals surface area contributed by atoms with Crippen molar-refractivity contribution in [2.45, 2.75) is 32.4 Å². The molecule has 0 radical (unpaired) electrons. The molecule has 1 saturated heterocycles. The number of hydrogen-bond donors (Lipinski definition) is 1. The lowest BCUT2D eigenvalue weighted by atomic mass is 9.96. The first-order valence-corrected chi connectivity index (χ1v) is 12.4. The average molecular weight is 489 g/mol. The quantitative estimate of drug-likeness (QED) is 0.589. The molecule has 0 spiro atoms. The summed E-state index contributed by atoms with van der Waals surface area (Å²) < 4.78 is 45.5. The van der Waals surface area contributed by atoms with Gasteiger partial charge in [0.2, 0.25) is 15.9 Å². The van der Waals surface area contributed by atoms with Gasteiger partial charge in [-0.05, 0) is 38.8 Å². The number of nitriles is 1. The summed E-state index contributed by atoms with van der Waals surface area (Å²) in [5, 5.41) is 9.56. The standard InChI is InChI=1S/C23H25FN4O5S/c1-3-33-23(30)19-12-18(13-25)21(26-15(19)2)28-10-8-16(9-11-28)22(29)27-34(31,32)14-17-6-4-5-7-20(17)24/h4-7,12,16H,3,8-11,14H2,1-2H3,(H,27,29). The number of nitrogens with zero attached hydrogens (tertiary/aromatic N) is 3. The first kappa shape index (κ1) is 25.1. The molecule has 0 unspecified atom stereocenters. The van der Waals surface area contributed by atoms with Crippen LogP contribution in [0.2, 0.25) is 0 Å². The van der Waals surface area contributed by atoms with E-state index in [1.165, 1.54) is 24.3 Å². The van der Waals surface area contributed by atoms with E-state index in [2.05, 4.69) is 4.98 Å². The van der Waals surface area contributed by atoms with Gasteiger partial charge in [0.05, 0.1) is 29.2 Å². The molecule has 1 aliphatic heterocycles. The summed E-state index contributed by atoms with van der Waals surface area (Å²) in [4.78, 5) is 30.9. The minimum absolute atomic E-state index is 0.0191. The third-order valence-electron chi connectivity index (χ3n) is 5.53. The summed E-state index contributed by atoms with van der Waals surface area (Å²) in [7, 11) is -4.06. The number of sulfonamides is 1.